The first kappa shape index (κ1) is 15.8. The SMILES string of the molecule is CCc1cccc2c1[nH]c1cc(NC(=O)c3n[nH]c(=O)[nH]c3=O)ccc12. The van der Waals surface area contributed by atoms with Crippen molar-refractivity contribution in [2.45, 2.75) is 13.3 Å². The molecule has 4 rings (SSSR count). The van der Waals surface area contributed by atoms with Gasteiger partial charge in [0.2, 0.25) is 5.69 Å². The molecule has 0 radical (unpaired) electrons. The van der Waals surface area contributed by atoms with E-state index < -0.39 is 22.9 Å². The molecule has 4 N–H and O–H groups in total. The van der Waals surface area contributed by atoms with Crippen LogP contribution in [-0.4, -0.2) is 26.1 Å². The van der Waals surface area contributed by atoms with E-state index in [0.717, 1.165) is 28.2 Å². The van der Waals surface area contributed by atoms with Crippen LogP contribution >= 0.6 is 0 Å². The Kier molecular flexibility index (Phi) is 3.65. The molecule has 130 valence electrons. The molecule has 26 heavy (non-hydrogen) atoms. The van der Waals surface area contributed by atoms with Crippen LogP contribution in [0.25, 0.3) is 21.8 Å². The molecule has 2 heterocycles. The lowest BCUT2D eigenvalue weighted by molar-refractivity contribution is 0.101. The Labute approximate surface area is 146 Å². The first-order valence-corrected chi connectivity index (χ1v) is 8.10. The molecule has 0 atom stereocenters. The Hall–Kier alpha value is -3.68. The first-order chi connectivity index (χ1) is 12.6. The van der Waals surface area contributed by atoms with Gasteiger partial charge in [0.25, 0.3) is 11.5 Å². The molecule has 0 saturated heterocycles. The van der Waals surface area contributed by atoms with E-state index >= 15 is 0 Å². The minimum absolute atomic E-state index is 0.408. The van der Waals surface area contributed by atoms with Gasteiger partial charge in [-0.05, 0) is 24.1 Å². The molecule has 8 heteroatoms. The van der Waals surface area contributed by atoms with E-state index in [-0.39, 0.29) is 0 Å². The van der Waals surface area contributed by atoms with Crippen LogP contribution in [0.4, 0.5) is 5.69 Å². The van der Waals surface area contributed by atoms with Crippen LogP contribution in [0, 0.1) is 0 Å². The number of rotatable bonds is 3. The normalized spacial score (nSPS) is 11.1. The Bertz CT molecular complexity index is 1270. The Morgan fingerprint density at radius 1 is 1.12 bits per heavy atom. The maximum Gasteiger partial charge on any atom is 0.342 e. The standard InChI is InChI=1S/C18H15N5O3/c1-2-9-4-3-5-12-11-7-6-10(8-13(11)20-14(9)12)19-16(24)15-17(25)21-18(26)23-22-15/h3-8,20H,2H2,1H3,(H,19,24)(H2,21,23,25,26). The average Bonchev–Trinajstić information content (AvgIpc) is 2.99. The Morgan fingerprint density at radius 3 is 2.73 bits per heavy atom. The van der Waals surface area contributed by atoms with Gasteiger partial charge < -0.3 is 10.3 Å². The highest BCUT2D eigenvalue weighted by atomic mass is 16.2. The summed E-state index contributed by atoms with van der Waals surface area (Å²) < 4.78 is 0. The highest BCUT2D eigenvalue weighted by Crippen LogP contribution is 2.29. The van der Waals surface area contributed by atoms with Crippen LogP contribution in [0.2, 0.25) is 0 Å². The van der Waals surface area contributed by atoms with Gasteiger partial charge in [-0.2, -0.15) is 5.10 Å². The van der Waals surface area contributed by atoms with Crippen molar-refractivity contribution < 1.29 is 4.79 Å². The number of nitrogens with zero attached hydrogens (tertiary/aromatic N) is 1. The second kappa shape index (κ2) is 5.99. The highest BCUT2D eigenvalue weighted by molar-refractivity contribution is 6.10. The topological polar surface area (TPSA) is 123 Å². The zero-order valence-corrected chi connectivity index (χ0v) is 13.8. The number of amides is 1. The molecule has 4 aromatic rings. The number of hydrogen-bond donors (Lipinski definition) is 4. The van der Waals surface area contributed by atoms with Crippen molar-refractivity contribution >= 4 is 33.4 Å². The van der Waals surface area contributed by atoms with Crippen LogP contribution in [0.3, 0.4) is 0 Å². The van der Waals surface area contributed by atoms with E-state index in [1.54, 1.807) is 12.1 Å². The fourth-order valence-electron chi connectivity index (χ4n) is 3.05. The van der Waals surface area contributed by atoms with Crippen LogP contribution in [-0.2, 0) is 6.42 Å². The summed E-state index contributed by atoms with van der Waals surface area (Å²) in [4.78, 5) is 40.3. The van der Waals surface area contributed by atoms with Crippen LogP contribution < -0.4 is 16.6 Å². The number of aromatic nitrogens is 4. The molecule has 0 aliphatic heterocycles. The van der Waals surface area contributed by atoms with Crippen molar-refractivity contribution in [2.75, 3.05) is 5.32 Å². The summed E-state index contributed by atoms with van der Waals surface area (Å²) in [6.07, 6.45) is 0.911. The number of para-hydroxylation sites is 1. The summed E-state index contributed by atoms with van der Waals surface area (Å²) in [6, 6.07) is 11.6. The summed E-state index contributed by atoms with van der Waals surface area (Å²) in [6.45, 7) is 2.10. The highest BCUT2D eigenvalue weighted by Gasteiger charge is 2.14. The summed E-state index contributed by atoms with van der Waals surface area (Å²) in [5.41, 5.74) is 1.67. The number of H-pyrrole nitrogens is 3. The summed E-state index contributed by atoms with van der Waals surface area (Å²) in [5, 5.41) is 10.3. The maximum absolute atomic E-state index is 12.2. The number of benzene rings is 2. The molecule has 0 fully saturated rings. The van der Waals surface area contributed by atoms with Crippen LogP contribution in [0.15, 0.2) is 46.0 Å². The number of nitrogens with one attached hydrogen (secondary N) is 4. The van der Waals surface area contributed by atoms with Crippen LogP contribution in [0.1, 0.15) is 23.0 Å². The van der Waals surface area contributed by atoms with Gasteiger partial charge in [-0.15, -0.1) is 0 Å². The molecular formula is C18H15N5O3. The number of aryl methyl sites for hydroxylation is 1. The number of fused-ring (bicyclic) bond motifs is 3. The molecule has 0 aliphatic carbocycles. The lowest BCUT2D eigenvalue weighted by Gasteiger charge is -2.03. The monoisotopic (exact) mass is 349 g/mol. The van der Waals surface area contributed by atoms with Gasteiger partial charge in [0.15, 0.2) is 0 Å². The molecule has 0 unspecified atom stereocenters. The second-order valence-electron chi connectivity index (χ2n) is 5.89. The average molecular weight is 349 g/mol. The third-order valence-electron chi connectivity index (χ3n) is 4.29. The van der Waals surface area contributed by atoms with Crippen molar-refractivity contribution in [1.29, 1.82) is 0 Å². The Balaban J connectivity index is 1.73. The molecule has 0 aliphatic rings. The molecule has 0 spiro atoms. The van der Waals surface area contributed by atoms with E-state index in [1.165, 1.54) is 5.56 Å². The van der Waals surface area contributed by atoms with Crippen LogP contribution in [0.5, 0.6) is 0 Å². The molecule has 2 aromatic heterocycles. The first-order valence-electron chi connectivity index (χ1n) is 8.10. The third kappa shape index (κ3) is 2.57. The minimum Gasteiger partial charge on any atom is -0.354 e. The molecule has 1 amide bonds. The molecule has 0 bridgehead atoms. The quantitative estimate of drug-likeness (QED) is 0.451. The number of carbonyl (C=O) groups is 1. The van der Waals surface area contributed by atoms with Crippen molar-refractivity contribution in [3.63, 3.8) is 0 Å². The molecular weight excluding hydrogens is 334 g/mol. The van der Waals surface area contributed by atoms with E-state index in [0.29, 0.717) is 5.69 Å². The Morgan fingerprint density at radius 2 is 1.96 bits per heavy atom. The fraction of sp³-hybridized carbons (Fsp3) is 0.111. The lowest BCUT2D eigenvalue weighted by atomic mass is 10.1. The fourth-order valence-corrected chi connectivity index (χ4v) is 3.05. The van der Waals surface area contributed by atoms with Gasteiger partial charge >= 0.3 is 5.69 Å². The molecule has 0 saturated carbocycles. The van der Waals surface area contributed by atoms with Crippen molar-refractivity contribution in [2.24, 2.45) is 0 Å². The maximum atomic E-state index is 12.2. The lowest BCUT2D eigenvalue weighted by Crippen LogP contribution is -2.32. The van der Waals surface area contributed by atoms with Crippen molar-refractivity contribution in [3.05, 3.63) is 68.5 Å². The predicted octanol–water partition coefficient (Wildman–Crippen LogP) is 1.91. The minimum atomic E-state index is -0.842. The van der Waals surface area contributed by atoms with E-state index in [1.807, 2.05) is 22.2 Å². The third-order valence-corrected chi connectivity index (χ3v) is 4.29. The number of aromatic amines is 3. The van der Waals surface area contributed by atoms with Gasteiger partial charge in [-0.1, -0.05) is 31.2 Å². The largest absolute Gasteiger partial charge is 0.354 e. The molecule has 2 aromatic carbocycles. The summed E-state index contributed by atoms with van der Waals surface area (Å²) >= 11 is 0. The number of hydrogen-bond acceptors (Lipinski definition) is 4. The van der Waals surface area contributed by atoms with Gasteiger partial charge in [-0.3, -0.25) is 14.6 Å². The van der Waals surface area contributed by atoms with Gasteiger partial charge in [0.1, 0.15) is 0 Å². The second-order valence-corrected chi connectivity index (χ2v) is 5.89. The predicted molar refractivity (Wildman–Crippen MR) is 98.6 cm³/mol. The van der Waals surface area contributed by atoms with Gasteiger partial charge in [0, 0.05) is 27.5 Å². The number of anilines is 1. The summed E-state index contributed by atoms with van der Waals surface area (Å²) in [7, 11) is 0. The van der Waals surface area contributed by atoms with E-state index in [9.17, 15) is 14.4 Å². The van der Waals surface area contributed by atoms with Gasteiger partial charge in [0.05, 0.1) is 0 Å². The van der Waals surface area contributed by atoms with E-state index in [4.69, 9.17) is 0 Å². The zero-order chi connectivity index (χ0) is 18.3. The molecule has 8 nitrogen and oxygen atoms in total. The number of carbonyl (C=O) groups excluding carboxylic acids is 1. The van der Waals surface area contributed by atoms with Crippen molar-refractivity contribution in [1.82, 2.24) is 20.2 Å². The zero-order valence-electron chi connectivity index (χ0n) is 13.8. The smallest absolute Gasteiger partial charge is 0.342 e. The summed E-state index contributed by atoms with van der Waals surface area (Å²) in [5.74, 6) is -0.702. The van der Waals surface area contributed by atoms with Crippen molar-refractivity contribution in [3.8, 4) is 0 Å². The van der Waals surface area contributed by atoms with Gasteiger partial charge in [-0.25, -0.2) is 9.89 Å². The van der Waals surface area contributed by atoms with E-state index in [2.05, 4.69) is 34.5 Å².